The average Bonchev–Trinajstić information content (AvgIpc) is 2.61. The van der Waals surface area contributed by atoms with E-state index in [9.17, 15) is 9.90 Å². The van der Waals surface area contributed by atoms with Gasteiger partial charge in [0.2, 0.25) is 0 Å². The maximum Gasteiger partial charge on any atom is 0.310 e. The number of hydrogen-bond acceptors (Lipinski definition) is 3. The Hall–Kier alpha value is -1.71. The van der Waals surface area contributed by atoms with Crippen LogP contribution in [0.15, 0.2) is 12.1 Å². The fraction of sp³-hybridized carbons (Fsp3) is 0.417. The SMILES string of the molecule is CC(C(=O)O)c1ccc2c(c1O)CCN2C. The number of aromatic hydroxyl groups is 1. The minimum absolute atomic E-state index is 0.150. The van der Waals surface area contributed by atoms with Gasteiger partial charge in [-0.2, -0.15) is 0 Å². The van der Waals surface area contributed by atoms with E-state index < -0.39 is 11.9 Å². The molecule has 1 aliphatic heterocycles. The Balaban J connectivity index is 2.48. The number of hydrogen-bond donors (Lipinski definition) is 2. The first-order valence-electron chi connectivity index (χ1n) is 5.31. The normalized spacial score (nSPS) is 16.0. The molecule has 0 aliphatic carbocycles. The maximum atomic E-state index is 10.9. The molecule has 0 saturated carbocycles. The molecule has 0 fully saturated rings. The van der Waals surface area contributed by atoms with Crippen LogP contribution >= 0.6 is 0 Å². The minimum Gasteiger partial charge on any atom is -0.507 e. The van der Waals surface area contributed by atoms with Gasteiger partial charge in [0.15, 0.2) is 0 Å². The fourth-order valence-corrected chi connectivity index (χ4v) is 2.13. The van der Waals surface area contributed by atoms with Crippen LogP contribution in [-0.4, -0.2) is 29.8 Å². The Labute approximate surface area is 94.1 Å². The third kappa shape index (κ3) is 1.50. The van der Waals surface area contributed by atoms with Crippen molar-refractivity contribution in [3.05, 3.63) is 23.3 Å². The van der Waals surface area contributed by atoms with E-state index in [2.05, 4.69) is 4.90 Å². The van der Waals surface area contributed by atoms with Crippen LogP contribution in [0.4, 0.5) is 5.69 Å². The molecule has 1 aromatic carbocycles. The molecule has 4 heteroatoms. The molecule has 1 aliphatic rings. The molecule has 2 rings (SSSR count). The standard InChI is InChI=1S/C12H15NO3/c1-7(12(15)16)8-3-4-10-9(11(8)14)5-6-13(10)2/h3-4,7,14H,5-6H2,1-2H3,(H,15,16). The van der Waals surface area contributed by atoms with Crippen LogP contribution in [0.25, 0.3) is 0 Å². The number of carboxylic acid groups (broad SMARTS) is 1. The highest BCUT2D eigenvalue weighted by molar-refractivity contribution is 5.78. The first-order chi connectivity index (χ1) is 7.52. The molecule has 0 saturated heterocycles. The van der Waals surface area contributed by atoms with E-state index in [-0.39, 0.29) is 5.75 Å². The third-order valence-electron chi connectivity index (χ3n) is 3.23. The van der Waals surface area contributed by atoms with Crippen molar-refractivity contribution < 1.29 is 15.0 Å². The van der Waals surface area contributed by atoms with Crippen LogP contribution in [0.3, 0.4) is 0 Å². The topological polar surface area (TPSA) is 60.8 Å². The zero-order chi connectivity index (χ0) is 11.9. The van der Waals surface area contributed by atoms with Crippen LogP contribution in [-0.2, 0) is 11.2 Å². The van der Waals surface area contributed by atoms with Crippen LogP contribution in [0, 0.1) is 0 Å². The van der Waals surface area contributed by atoms with Crippen LogP contribution in [0.2, 0.25) is 0 Å². The summed E-state index contributed by atoms with van der Waals surface area (Å²) in [5.74, 6) is -1.44. The number of benzene rings is 1. The Morgan fingerprint density at radius 1 is 1.50 bits per heavy atom. The van der Waals surface area contributed by atoms with Gasteiger partial charge in [0, 0.05) is 30.4 Å². The summed E-state index contributed by atoms with van der Waals surface area (Å²) in [5, 5.41) is 19.0. The van der Waals surface area contributed by atoms with Crippen molar-refractivity contribution >= 4 is 11.7 Å². The number of likely N-dealkylation sites (N-methyl/N-ethyl adjacent to an activating group) is 1. The average molecular weight is 221 g/mol. The fourth-order valence-electron chi connectivity index (χ4n) is 2.13. The van der Waals surface area contributed by atoms with Crippen molar-refractivity contribution in [2.75, 3.05) is 18.5 Å². The second-order valence-corrected chi connectivity index (χ2v) is 4.23. The number of phenols is 1. The summed E-state index contributed by atoms with van der Waals surface area (Å²) >= 11 is 0. The number of anilines is 1. The number of nitrogens with zero attached hydrogens (tertiary/aromatic N) is 1. The minimum atomic E-state index is -0.915. The summed E-state index contributed by atoms with van der Waals surface area (Å²) in [6.45, 7) is 2.45. The predicted molar refractivity (Wildman–Crippen MR) is 61.1 cm³/mol. The van der Waals surface area contributed by atoms with Gasteiger partial charge in [-0.05, 0) is 19.4 Å². The van der Waals surface area contributed by atoms with Gasteiger partial charge in [-0.1, -0.05) is 6.07 Å². The molecular weight excluding hydrogens is 206 g/mol. The van der Waals surface area contributed by atoms with E-state index in [4.69, 9.17) is 5.11 Å². The summed E-state index contributed by atoms with van der Waals surface area (Å²) in [4.78, 5) is 13.0. The molecular formula is C12H15NO3. The summed E-state index contributed by atoms with van der Waals surface area (Å²) in [6.07, 6.45) is 0.776. The lowest BCUT2D eigenvalue weighted by Gasteiger charge is -2.15. The van der Waals surface area contributed by atoms with Crippen molar-refractivity contribution in [3.63, 3.8) is 0 Å². The van der Waals surface area contributed by atoms with Crippen LogP contribution in [0.5, 0.6) is 5.75 Å². The quantitative estimate of drug-likeness (QED) is 0.795. The number of carboxylic acids is 1. The Kier molecular flexibility index (Phi) is 2.50. The molecule has 0 amide bonds. The lowest BCUT2D eigenvalue weighted by Crippen LogP contribution is -2.12. The molecule has 0 aromatic heterocycles. The number of aliphatic carboxylic acids is 1. The summed E-state index contributed by atoms with van der Waals surface area (Å²) in [6, 6.07) is 3.59. The number of phenolic OH excluding ortho intramolecular Hbond substituents is 1. The highest BCUT2D eigenvalue weighted by atomic mass is 16.4. The van der Waals surface area contributed by atoms with Crippen molar-refractivity contribution in [1.82, 2.24) is 0 Å². The van der Waals surface area contributed by atoms with Crippen molar-refractivity contribution in [1.29, 1.82) is 0 Å². The van der Waals surface area contributed by atoms with Crippen LogP contribution in [0.1, 0.15) is 24.0 Å². The zero-order valence-corrected chi connectivity index (χ0v) is 9.40. The lowest BCUT2D eigenvalue weighted by atomic mass is 9.96. The molecule has 2 N–H and O–H groups in total. The maximum absolute atomic E-state index is 10.9. The second kappa shape index (κ2) is 3.70. The molecule has 1 atom stereocenters. The smallest absolute Gasteiger partial charge is 0.310 e. The highest BCUT2D eigenvalue weighted by Crippen LogP contribution is 2.38. The summed E-state index contributed by atoms with van der Waals surface area (Å²) in [5.41, 5.74) is 2.37. The first-order valence-corrected chi connectivity index (χ1v) is 5.31. The zero-order valence-electron chi connectivity index (χ0n) is 9.40. The van der Waals surface area contributed by atoms with Gasteiger partial charge in [0.25, 0.3) is 0 Å². The van der Waals surface area contributed by atoms with Gasteiger partial charge in [0.1, 0.15) is 5.75 Å². The first kappa shape index (κ1) is 10.8. The molecule has 1 aromatic rings. The molecule has 4 nitrogen and oxygen atoms in total. The van der Waals surface area contributed by atoms with Gasteiger partial charge in [-0.25, -0.2) is 0 Å². The Morgan fingerprint density at radius 3 is 2.81 bits per heavy atom. The van der Waals surface area contributed by atoms with E-state index in [0.29, 0.717) is 5.56 Å². The second-order valence-electron chi connectivity index (χ2n) is 4.23. The molecule has 86 valence electrons. The third-order valence-corrected chi connectivity index (χ3v) is 3.23. The largest absolute Gasteiger partial charge is 0.507 e. The van der Waals surface area contributed by atoms with Gasteiger partial charge in [0.05, 0.1) is 5.92 Å². The van der Waals surface area contributed by atoms with Crippen molar-refractivity contribution in [2.24, 2.45) is 0 Å². The number of fused-ring (bicyclic) bond motifs is 1. The molecule has 16 heavy (non-hydrogen) atoms. The van der Waals surface area contributed by atoms with E-state index >= 15 is 0 Å². The van der Waals surface area contributed by atoms with Crippen molar-refractivity contribution in [3.8, 4) is 5.75 Å². The predicted octanol–water partition coefficient (Wildman–Crippen LogP) is 1.57. The van der Waals surface area contributed by atoms with E-state index in [1.807, 2.05) is 13.1 Å². The van der Waals surface area contributed by atoms with E-state index in [1.165, 1.54) is 0 Å². The number of rotatable bonds is 2. The molecule has 0 bridgehead atoms. The Morgan fingerprint density at radius 2 is 2.19 bits per heavy atom. The van der Waals surface area contributed by atoms with Crippen molar-refractivity contribution in [2.45, 2.75) is 19.3 Å². The summed E-state index contributed by atoms with van der Waals surface area (Å²) < 4.78 is 0. The molecule has 1 unspecified atom stereocenters. The highest BCUT2D eigenvalue weighted by Gasteiger charge is 2.25. The van der Waals surface area contributed by atoms with Gasteiger partial charge >= 0.3 is 5.97 Å². The lowest BCUT2D eigenvalue weighted by molar-refractivity contribution is -0.138. The molecule has 0 spiro atoms. The van der Waals surface area contributed by atoms with Gasteiger partial charge in [-0.15, -0.1) is 0 Å². The van der Waals surface area contributed by atoms with E-state index in [0.717, 1.165) is 24.2 Å². The summed E-state index contributed by atoms with van der Waals surface area (Å²) in [7, 11) is 1.96. The Bertz CT molecular complexity index is 442. The molecule has 1 heterocycles. The number of carbonyl (C=O) groups is 1. The van der Waals surface area contributed by atoms with Gasteiger partial charge in [-0.3, -0.25) is 4.79 Å². The monoisotopic (exact) mass is 221 g/mol. The van der Waals surface area contributed by atoms with E-state index in [1.54, 1.807) is 13.0 Å². The van der Waals surface area contributed by atoms with Gasteiger partial charge < -0.3 is 15.1 Å². The molecule has 0 radical (unpaired) electrons. The van der Waals surface area contributed by atoms with Crippen LogP contribution < -0.4 is 4.90 Å².